The predicted octanol–water partition coefficient (Wildman–Crippen LogP) is -0.243. The molecule has 6 nitrogen and oxygen atoms in total. The summed E-state index contributed by atoms with van der Waals surface area (Å²) in [5, 5.41) is 10.9. The molecule has 0 aromatic carbocycles. The van der Waals surface area contributed by atoms with Gasteiger partial charge in [-0.1, -0.05) is 0 Å². The molecule has 1 aliphatic heterocycles. The van der Waals surface area contributed by atoms with Crippen LogP contribution in [-0.4, -0.2) is 35.1 Å². The van der Waals surface area contributed by atoms with E-state index in [4.69, 9.17) is 9.84 Å². The second-order valence-electron chi connectivity index (χ2n) is 4.00. The molecule has 1 aliphatic rings. The van der Waals surface area contributed by atoms with Gasteiger partial charge in [-0.05, 0) is 20.8 Å². The topological polar surface area (TPSA) is 88.2 Å². The summed E-state index contributed by atoms with van der Waals surface area (Å²) >= 11 is 0. The molecule has 0 spiro atoms. The number of hydrogen-bond acceptors (Lipinski definition) is 5. The number of carbonyl (C=O) groups excluding carboxylic acids is 2. The first-order valence-corrected chi connectivity index (χ1v) is 4.14. The van der Waals surface area contributed by atoms with Crippen LogP contribution in [0.4, 0.5) is 4.79 Å². The van der Waals surface area contributed by atoms with Crippen molar-refractivity contribution in [2.24, 2.45) is 0 Å². The molecular formula is C8H13NO5. The Kier molecular flexibility index (Phi) is 2.41. The minimum absolute atomic E-state index is 0.592. The maximum Gasteiger partial charge on any atom is 0.411 e. The number of hydrogen-bond donors (Lipinski definition) is 2. The highest BCUT2D eigenvalue weighted by molar-refractivity contribution is 5.95. The highest BCUT2D eigenvalue weighted by Crippen LogP contribution is 2.25. The van der Waals surface area contributed by atoms with Crippen LogP contribution in [0.5, 0.6) is 0 Å². The van der Waals surface area contributed by atoms with Gasteiger partial charge < -0.3 is 14.6 Å². The Labute approximate surface area is 81.2 Å². The normalized spacial score (nSPS) is 25.3. The third kappa shape index (κ3) is 2.35. The van der Waals surface area contributed by atoms with Crippen molar-refractivity contribution in [2.45, 2.75) is 32.1 Å². The lowest BCUT2D eigenvalue weighted by atomic mass is 10.2. The predicted molar refractivity (Wildman–Crippen MR) is 45.3 cm³/mol. The summed E-state index contributed by atoms with van der Waals surface area (Å²) in [6.07, 6.45) is -0.794. The zero-order valence-electron chi connectivity index (χ0n) is 8.29. The minimum Gasteiger partial charge on any atom is -0.444 e. The van der Waals surface area contributed by atoms with Crippen molar-refractivity contribution in [3.05, 3.63) is 0 Å². The van der Waals surface area contributed by atoms with Gasteiger partial charge in [0.2, 0.25) is 0 Å². The molecule has 0 radical (unpaired) electrons. The molecule has 14 heavy (non-hydrogen) atoms. The first-order chi connectivity index (χ1) is 6.29. The molecular weight excluding hydrogens is 190 g/mol. The van der Waals surface area contributed by atoms with Gasteiger partial charge >= 0.3 is 17.8 Å². The Balaban J connectivity index is 2.46. The van der Waals surface area contributed by atoms with Gasteiger partial charge in [0.1, 0.15) is 12.2 Å². The number of nitrogens with one attached hydrogen (secondary N) is 1. The Hall–Kier alpha value is -1.30. The van der Waals surface area contributed by atoms with E-state index in [0.29, 0.717) is 0 Å². The van der Waals surface area contributed by atoms with E-state index < -0.39 is 30.0 Å². The van der Waals surface area contributed by atoms with Crippen LogP contribution in [0.2, 0.25) is 0 Å². The van der Waals surface area contributed by atoms with Gasteiger partial charge in [-0.15, -0.1) is 0 Å². The average molecular weight is 203 g/mol. The van der Waals surface area contributed by atoms with Crippen molar-refractivity contribution in [3.63, 3.8) is 0 Å². The van der Waals surface area contributed by atoms with E-state index >= 15 is 0 Å². The zero-order chi connectivity index (χ0) is 11.0. The van der Waals surface area contributed by atoms with Crippen molar-refractivity contribution in [2.75, 3.05) is 6.61 Å². The second kappa shape index (κ2) is 3.13. The number of amides is 1. The third-order valence-electron chi connectivity index (χ3n) is 1.48. The molecule has 1 atom stereocenters. The first-order valence-electron chi connectivity index (χ1n) is 4.14. The lowest BCUT2D eigenvalue weighted by Crippen LogP contribution is -2.44. The lowest BCUT2D eigenvalue weighted by molar-refractivity contribution is -0.117. The summed E-state index contributed by atoms with van der Waals surface area (Å²) in [7, 11) is 0. The van der Waals surface area contributed by atoms with Gasteiger partial charge in [-0.2, -0.15) is 0 Å². The van der Waals surface area contributed by atoms with E-state index in [2.05, 4.69) is 10.1 Å². The molecule has 0 aromatic heterocycles. The first kappa shape index (κ1) is 10.8. The molecule has 1 amide bonds. The van der Waals surface area contributed by atoms with Crippen molar-refractivity contribution in [1.82, 2.24) is 5.32 Å². The van der Waals surface area contributed by atoms with E-state index in [1.54, 1.807) is 20.8 Å². The molecule has 1 rings (SSSR count). The van der Waals surface area contributed by atoms with Gasteiger partial charge in [0, 0.05) is 0 Å². The highest BCUT2D eigenvalue weighted by atomic mass is 16.7. The maximum atomic E-state index is 11.1. The number of ether oxygens (including phenoxy) is 2. The molecule has 6 heteroatoms. The third-order valence-corrected chi connectivity index (χ3v) is 1.48. The molecule has 1 fully saturated rings. The van der Waals surface area contributed by atoms with Crippen LogP contribution in [0, 0.1) is 0 Å². The summed E-state index contributed by atoms with van der Waals surface area (Å²) in [5.41, 5.74) is -2.22. The molecule has 1 saturated heterocycles. The Bertz CT molecular complexity index is 269. The minimum atomic E-state index is -1.57. The van der Waals surface area contributed by atoms with Gasteiger partial charge in [0.05, 0.1) is 0 Å². The molecule has 0 aliphatic carbocycles. The molecule has 0 unspecified atom stereocenters. The molecule has 0 saturated carbocycles. The van der Waals surface area contributed by atoms with Crippen LogP contribution in [0.1, 0.15) is 20.8 Å². The van der Waals surface area contributed by atoms with Crippen molar-refractivity contribution >= 4 is 12.1 Å². The summed E-state index contributed by atoms with van der Waals surface area (Å²) in [6.45, 7) is 4.47. The van der Waals surface area contributed by atoms with E-state index in [0.717, 1.165) is 0 Å². The van der Waals surface area contributed by atoms with Crippen LogP contribution in [0.15, 0.2) is 0 Å². The van der Waals surface area contributed by atoms with Crippen LogP contribution in [-0.2, 0) is 14.3 Å². The smallest absolute Gasteiger partial charge is 0.411 e. The Morgan fingerprint density at radius 1 is 1.64 bits per heavy atom. The molecule has 0 bridgehead atoms. The SMILES string of the molecule is CC(C)(C)OC(=O)N[C@@]1(CO)OC1=O. The lowest BCUT2D eigenvalue weighted by Gasteiger charge is -2.20. The fourth-order valence-corrected chi connectivity index (χ4v) is 0.814. The van der Waals surface area contributed by atoms with E-state index in [1.165, 1.54) is 0 Å². The fourth-order valence-electron chi connectivity index (χ4n) is 0.814. The van der Waals surface area contributed by atoms with Crippen LogP contribution < -0.4 is 5.32 Å². The number of carbonyl (C=O) groups is 2. The average Bonchev–Trinajstić information content (AvgIpc) is 2.58. The number of aliphatic hydroxyl groups is 1. The largest absolute Gasteiger partial charge is 0.444 e. The van der Waals surface area contributed by atoms with Crippen molar-refractivity contribution in [3.8, 4) is 0 Å². The van der Waals surface area contributed by atoms with Gasteiger partial charge in [0.15, 0.2) is 0 Å². The molecule has 1 heterocycles. The highest BCUT2D eigenvalue weighted by Gasteiger charge is 2.60. The summed E-state index contributed by atoms with van der Waals surface area (Å²) in [4.78, 5) is 21.8. The van der Waals surface area contributed by atoms with E-state index in [1.807, 2.05) is 0 Å². The number of alkyl carbamates (subject to hydrolysis) is 1. The van der Waals surface area contributed by atoms with E-state index in [-0.39, 0.29) is 0 Å². The Morgan fingerprint density at radius 2 is 2.14 bits per heavy atom. The number of rotatable bonds is 2. The maximum absolute atomic E-state index is 11.1. The van der Waals surface area contributed by atoms with Gasteiger partial charge in [-0.3, -0.25) is 5.32 Å². The standard InChI is InChI=1S/C8H13NO5/c1-7(2,3)14-6(12)9-8(4-10)5(11)13-8/h10H,4H2,1-3H3,(H,9,12)/t8-/m0/s1. The summed E-state index contributed by atoms with van der Waals surface area (Å²) in [5.74, 6) is -0.661. The summed E-state index contributed by atoms with van der Waals surface area (Å²) in [6, 6.07) is 0. The summed E-state index contributed by atoms with van der Waals surface area (Å²) < 4.78 is 9.31. The van der Waals surface area contributed by atoms with Crippen LogP contribution >= 0.6 is 0 Å². The molecule has 2 N–H and O–H groups in total. The van der Waals surface area contributed by atoms with Gasteiger partial charge in [0.25, 0.3) is 0 Å². The van der Waals surface area contributed by atoms with Crippen LogP contribution in [0.3, 0.4) is 0 Å². The fraction of sp³-hybridized carbons (Fsp3) is 0.750. The Morgan fingerprint density at radius 3 is 2.43 bits per heavy atom. The zero-order valence-corrected chi connectivity index (χ0v) is 8.29. The second-order valence-corrected chi connectivity index (χ2v) is 4.00. The van der Waals surface area contributed by atoms with Crippen molar-refractivity contribution in [1.29, 1.82) is 0 Å². The van der Waals surface area contributed by atoms with E-state index in [9.17, 15) is 9.59 Å². The van der Waals surface area contributed by atoms with Crippen LogP contribution in [0.25, 0.3) is 0 Å². The quantitative estimate of drug-likeness (QED) is 0.604. The number of aliphatic hydroxyl groups excluding tert-OH is 1. The van der Waals surface area contributed by atoms with Gasteiger partial charge in [-0.25, -0.2) is 9.59 Å². The molecule has 80 valence electrons. The number of cyclic esters (lactones) is 1. The van der Waals surface area contributed by atoms with Crippen molar-refractivity contribution < 1.29 is 24.2 Å². The number of epoxide rings is 1. The monoisotopic (exact) mass is 203 g/mol. The molecule has 0 aromatic rings.